The molecule has 2 rings (SSSR count). The number of carbonyl (C=O) groups is 2. The van der Waals surface area contributed by atoms with Gasteiger partial charge in [-0.1, -0.05) is 24.3 Å². The quantitative estimate of drug-likeness (QED) is 0.530. The van der Waals surface area contributed by atoms with Crippen LogP contribution in [0.4, 0.5) is 5.69 Å². The van der Waals surface area contributed by atoms with Crippen molar-refractivity contribution in [1.29, 1.82) is 0 Å². The summed E-state index contributed by atoms with van der Waals surface area (Å²) in [5.74, 6) is -0.0684. The summed E-state index contributed by atoms with van der Waals surface area (Å²) >= 11 is 1.57. The van der Waals surface area contributed by atoms with E-state index in [1.165, 1.54) is 12.1 Å². The standard InChI is InChI=1S/C22H29N3O4S2/c1-22(2,3)25-31(28,29)18-12-8-11-17(15-18)23-21(27)19(13-14-30-4)24-20(26)16-9-6-5-7-10-16/h5-12,15,19,25H,13-14H2,1-4H3,(H,23,27)(H,24,26)/t19-/m0/s1. The van der Waals surface area contributed by atoms with E-state index in [2.05, 4.69) is 15.4 Å². The molecule has 0 saturated carbocycles. The maximum atomic E-state index is 12.9. The molecule has 0 heterocycles. The highest BCUT2D eigenvalue weighted by atomic mass is 32.2. The first-order valence-electron chi connectivity index (χ1n) is 9.81. The lowest BCUT2D eigenvalue weighted by atomic mass is 10.1. The number of rotatable bonds is 9. The zero-order valence-corrected chi connectivity index (χ0v) is 19.8. The third-order valence-electron chi connectivity index (χ3n) is 4.12. The van der Waals surface area contributed by atoms with E-state index < -0.39 is 27.5 Å². The van der Waals surface area contributed by atoms with Crippen LogP contribution in [0.5, 0.6) is 0 Å². The first-order chi connectivity index (χ1) is 14.5. The fourth-order valence-electron chi connectivity index (χ4n) is 2.77. The van der Waals surface area contributed by atoms with E-state index in [-0.39, 0.29) is 10.8 Å². The molecular weight excluding hydrogens is 434 g/mol. The largest absolute Gasteiger partial charge is 0.340 e. The van der Waals surface area contributed by atoms with E-state index in [1.54, 1.807) is 68.9 Å². The Morgan fingerprint density at radius 3 is 2.32 bits per heavy atom. The number of sulfonamides is 1. The molecule has 9 heteroatoms. The van der Waals surface area contributed by atoms with Crippen molar-refractivity contribution in [3.63, 3.8) is 0 Å². The van der Waals surface area contributed by atoms with Crippen molar-refractivity contribution in [2.45, 2.75) is 43.7 Å². The lowest BCUT2D eigenvalue weighted by Gasteiger charge is -2.21. The van der Waals surface area contributed by atoms with Crippen molar-refractivity contribution in [1.82, 2.24) is 10.0 Å². The summed E-state index contributed by atoms with van der Waals surface area (Å²) in [6.07, 6.45) is 2.36. The highest BCUT2D eigenvalue weighted by Gasteiger charge is 2.24. The topological polar surface area (TPSA) is 104 Å². The van der Waals surface area contributed by atoms with E-state index in [9.17, 15) is 18.0 Å². The van der Waals surface area contributed by atoms with Gasteiger partial charge in [0, 0.05) is 16.8 Å². The van der Waals surface area contributed by atoms with Crippen LogP contribution in [-0.2, 0) is 14.8 Å². The normalized spacial score (nSPS) is 12.8. The van der Waals surface area contributed by atoms with Crippen LogP contribution in [0.3, 0.4) is 0 Å². The van der Waals surface area contributed by atoms with Crippen molar-refractivity contribution in [3.8, 4) is 0 Å². The second-order valence-corrected chi connectivity index (χ2v) is 10.7. The molecule has 0 aliphatic rings. The minimum absolute atomic E-state index is 0.0502. The van der Waals surface area contributed by atoms with Crippen LogP contribution in [0.25, 0.3) is 0 Å². The number of amides is 2. The summed E-state index contributed by atoms with van der Waals surface area (Å²) in [7, 11) is -3.74. The summed E-state index contributed by atoms with van der Waals surface area (Å²) in [4.78, 5) is 25.4. The smallest absolute Gasteiger partial charge is 0.251 e. The van der Waals surface area contributed by atoms with Crippen LogP contribution in [-0.4, -0.2) is 43.8 Å². The fraction of sp³-hybridized carbons (Fsp3) is 0.364. The van der Waals surface area contributed by atoms with Gasteiger partial charge in [0.2, 0.25) is 15.9 Å². The SMILES string of the molecule is CSCC[C@H](NC(=O)c1ccccc1)C(=O)Nc1cccc(S(=O)(=O)NC(C)(C)C)c1. The van der Waals surface area contributed by atoms with Crippen LogP contribution in [0, 0.1) is 0 Å². The Kier molecular flexibility index (Phi) is 8.67. The van der Waals surface area contributed by atoms with Gasteiger partial charge in [0.1, 0.15) is 6.04 Å². The van der Waals surface area contributed by atoms with E-state index in [4.69, 9.17) is 0 Å². The van der Waals surface area contributed by atoms with Crippen molar-refractivity contribution < 1.29 is 18.0 Å². The zero-order valence-electron chi connectivity index (χ0n) is 18.1. The molecule has 2 amide bonds. The molecule has 3 N–H and O–H groups in total. The van der Waals surface area contributed by atoms with E-state index >= 15 is 0 Å². The van der Waals surface area contributed by atoms with Crippen LogP contribution in [0.2, 0.25) is 0 Å². The van der Waals surface area contributed by atoms with Crippen molar-refractivity contribution >= 4 is 39.3 Å². The minimum atomic E-state index is -3.74. The fourth-order valence-corrected chi connectivity index (χ4v) is 4.70. The molecule has 0 aliphatic carbocycles. The summed E-state index contributed by atoms with van der Waals surface area (Å²) in [6.45, 7) is 5.26. The number of hydrogen-bond donors (Lipinski definition) is 3. The molecule has 0 bridgehead atoms. The van der Waals surface area contributed by atoms with Gasteiger partial charge in [-0.25, -0.2) is 13.1 Å². The van der Waals surface area contributed by atoms with Gasteiger partial charge in [-0.3, -0.25) is 9.59 Å². The predicted molar refractivity (Wildman–Crippen MR) is 126 cm³/mol. The Hall–Kier alpha value is -2.36. The van der Waals surface area contributed by atoms with Crippen molar-refractivity contribution in [2.24, 2.45) is 0 Å². The maximum absolute atomic E-state index is 12.9. The van der Waals surface area contributed by atoms with Crippen LogP contribution >= 0.6 is 11.8 Å². The average molecular weight is 464 g/mol. The highest BCUT2D eigenvalue weighted by molar-refractivity contribution is 7.98. The number of benzene rings is 2. The average Bonchev–Trinajstić information content (AvgIpc) is 2.70. The van der Waals surface area contributed by atoms with Crippen LogP contribution < -0.4 is 15.4 Å². The number of nitrogens with one attached hydrogen (secondary N) is 3. The Labute approximate surface area is 188 Å². The van der Waals surface area contributed by atoms with Crippen molar-refractivity contribution in [2.75, 3.05) is 17.3 Å². The van der Waals surface area contributed by atoms with E-state index in [0.29, 0.717) is 23.4 Å². The minimum Gasteiger partial charge on any atom is -0.340 e. The Morgan fingerprint density at radius 2 is 1.71 bits per heavy atom. The first-order valence-corrected chi connectivity index (χ1v) is 12.7. The molecule has 0 unspecified atom stereocenters. The Balaban J connectivity index is 2.17. The van der Waals surface area contributed by atoms with Crippen LogP contribution in [0.1, 0.15) is 37.6 Å². The highest BCUT2D eigenvalue weighted by Crippen LogP contribution is 2.18. The molecule has 31 heavy (non-hydrogen) atoms. The van der Waals surface area contributed by atoms with Crippen molar-refractivity contribution in [3.05, 3.63) is 60.2 Å². The Bertz CT molecular complexity index is 1000. The third-order valence-corrected chi connectivity index (χ3v) is 6.52. The lowest BCUT2D eigenvalue weighted by molar-refractivity contribution is -0.118. The number of thioether (sulfide) groups is 1. The summed E-state index contributed by atoms with van der Waals surface area (Å²) in [6, 6.07) is 13.9. The van der Waals surface area contributed by atoms with Gasteiger partial charge in [-0.05, 0) is 69.5 Å². The molecule has 2 aromatic carbocycles. The van der Waals surface area contributed by atoms with Gasteiger partial charge in [-0.2, -0.15) is 11.8 Å². The molecule has 0 radical (unpaired) electrons. The summed E-state index contributed by atoms with van der Waals surface area (Å²) < 4.78 is 27.7. The van der Waals surface area contributed by atoms with Gasteiger partial charge >= 0.3 is 0 Å². The van der Waals surface area contributed by atoms with Gasteiger partial charge in [0.15, 0.2) is 0 Å². The Morgan fingerprint density at radius 1 is 1.03 bits per heavy atom. The van der Waals surface area contributed by atoms with Gasteiger partial charge < -0.3 is 10.6 Å². The molecule has 7 nitrogen and oxygen atoms in total. The molecule has 0 spiro atoms. The molecule has 0 aliphatic heterocycles. The zero-order chi connectivity index (χ0) is 23.1. The lowest BCUT2D eigenvalue weighted by Crippen LogP contribution is -2.44. The summed E-state index contributed by atoms with van der Waals surface area (Å²) in [5.41, 5.74) is 0.165. The summed E-state index contributed by atoms with van der Waals surface area (Å²) in [5, 5.41) is 5.50. The monoisotopic (exact) mass is 463 g/mol. The van der Waals surface area contributed by atoms with Crippen LogP contribution in [0.15, 0.2) is 59.5 Å². The molecule has 2 aromatic rings. The van der Waals surface area contributed by atoms with Gasteiger partial charge in [0.25, 0.3) is 5.91 Å². The molecule has 0 fully saturated rings. The first kappa shape index (κ1) is 24.9. The molecule has 0 aromatic heterocycles. The second kappa shape index (κ2) is 10.8. The maximum Gasteiger partial charge on any atom is 0.251 e. The number of carbonyl (C=O) groups excluding carboxylic acids is 2. The predicted octanol–water partition coefficient (Wildman–Crippen LogP) is 3.25. The molecule has 1 atom stereocenters. The molecule has 168 valence electrons. The molecule has 0 saturated heterocycles. The number of anilines is 1. The van der Waals surface area contributed by atoms with E-state index in [0.717, 1.165) is 0 Å². The van der Waals surface area contributed by atoms with Gasteiger partial charge in [-0.15, -0.1) is 0 Å². The number of hydrogen-bond acceptors (Lipinski definition) is 5. The third kappa shape index (κ3) is 8.01. The van der Waals surface area contributed by atoms with Gasteiger partial charge in [0.05, 0.1) is 4.90 Å². The second-order valence-electron chi connectivity index (χ2n) is 8.05. The molecular formula is C22H29N3O4S2. The van der Waals surface area contributed by atoms with E-state index in [1.807, 2.05) is 12.3 Å².